The van der Waals surface area contributed by atoms with E-state index in [0.717, 1.165) is 38.5 Å². The van der Waals surface area contributed by atoms with Crippen molar-refractivity contribution in [3.8, 4) is 0 Å². The zero-order valence-electron chi connectivity index (χ0n) is 17.0. The molecule has 4 nitrogen and oxygen atoms in total. The maximum atomic E-state index is 13.1. The van der Waals surface area contributed by atoms with Crippen LogP contribution in [0.2, 0.25) is 0 Å². The fourth-order valence-corrected chi connectivity index (χ4v) is 7.09. The van der Waals surface area contributed by atoms with E-state index in [1.54, 1.807) is 0 Å². The first-order chi connectivity index (χ1) is 12.3. The molecule has 0 N–H and O–H groups in total. The van der Waals surface area contributed by atoms with Gasteiger partial charge in [0.2, 0.25) is 0 Å². The molecule has 4 aliphatic rings. The molecule has 3 saturated carbocycles. The van der Waals surface area contributed by atoms with Crippen LogP contribution in [-0.2, 0) is 19.0 Å². The third-order valence-electron chi connectivity index (χ3n) is 8.19. The molecule has 5 atom stereocenters. The van der Waals surface area contributed by atoms with Crippen molar-refractivity contribution in [2.24, 2.45) is 22.7 Å². The monoisotopic (exact) mass is 364 g/mol. The van der Waals surface area contributed by atoms with Crippen LogP contribution in [0.15, 0.2) is 0 Å². The molecule has 26 heavy (non-hydrogen) atoms. The Labute approximate surface area is 158 Å². The van der Waals surface area contributed by atoms with Gasteiger partial charge in [-0.25, -0.2) is 0 Å². The highest BCUT2D eigenvalue weighted by Gasteiger charge is 2.67. The van der Waals surface area contributed by atoms with E-state index in [2.05, 4.69) is 20.8 Å². The summed E-state index contributed by atoms with van der Waals surface area (Å²) in [7, 11) is 1.52. The molecule has 4 heteroatoms. The van der Waals surface area contributed by atoms with E-state index in [-0.39, 0.29) is 34.9 Å². The number of fused-ring (bicyclic) bond motifs is 2. The maximum Gasteiger partial charge on any atom is 0.314 e. The van der Waals surface area contributed by atoms with Crippen molar-refractivity contribution in [3.05, 3.63) is 0 Å². The molecule has 0 amide bonds. The first kappa shape index (κ1) is 18.7. The second-order valence-corrected chi connectivity index (χ2v) is 10.2. The van der Waals surface area contributed by atoms with Crippen LogP contribution in [0, 0.1) is 22.7 Å². The number of carbonyl (C=O) groups excluding carboxylic acids is 1. The van der Waals surface area contributed by atoms with Crippen LogP contribution in [0.1, 0.15) is 85.0 Å². The number of carbonyl (C=O) groups is 1. The summed E-state index contributed by atoms with van der Waals surface area (Å²) in [6.45, 7) is 7.06. The van der Waals surface area contributed by atoms with E-state index >= 15 is 0 Å². The highest BCUT2D eigenvalue weighted by molar-refractivity contribution is 5.75. The van der Waals surface area contributed by atoms with Crippen LogP contribution in [-0.4, -0.2) is 31.1 Å². The molecule has 1 aliphatic heterocycles. The zero-order chi connectivity index (χ0) is 18.6. The molecule has 1 saturated heterocycles. The van der Waals surface area contributed by atoms with E-state index in [9.17, 15) is 4.79 Å². The second kappa shape index (κ2) is 6.48. The Balaban J connectivity index is 1.71. The lowest BCUT2D eigenvalue weighted by atomic mass is 9.47. The highest BCUT2D eigenvalue weighted by atomic mass is 16.8. The number of hydrogen-bond donors (Lipinski definition) is 0. The van der Waals surface area contributed by atoms with Gasteiger partial charge in [0.15, 0.2) is 5.79 Å². The minimum atomic E-state index is -0.765. The van der Waals surface area contributed by atoms with Crippen LogP contribution in [0.25, 0.3) is 0 Å². The molecule has 0 aromatic rings. The lowest BCUT2D eigenvalue weighted by Crippen LogP contribution is -2.62. The molecule has 1 heterocycles. The van der Waals surface area contributed by atoms with E-state index < -0.39 is 5.79 Å². The van der Waals surface area contributed by atoms with Crippen LogP contribution in [0.5, 0.6) is 0 Å². The van der Waals surface area contributed by atoms with E-state index in [4.69, 9.17) is 14.2 Å². The molecule has 148 valence electrons. The lowest BCUT2D eigenvalue weighted by molar-refractivity contribution is -0.280. The predicted molar refractivity (Wildman–Crippen MR) is 99.5 cm³/mol. The number of methoxy groups -OCH3 is 1. The molecule has 0 radical (unpaired) electrons. The van der Waals surface area contributed by atoms with Gasteiger partial charge in [-0.15, -0.1) is 0 Å². The molecule has 0 bridgehead atoms. The third-order valence-corrected chi connectivity index (χ3v) is 8.19. The fraction of sp³-hybridized carbons (Fsp3) is 0.955. The van der Waals surface area contributed by atoms with Crippen molar-refractivity contribution in [3.63, 3.8) is 0 Å². The standard InChI is InChI=1S/C22H36O4/c1-20(2)12-8-13-21(3)17(20)11-14-22(18(21)19(23)24-4)25-15-9-6-5-7-10-16(15)26-22/h15-18H,5-14H2,1-4H3/t15-,16-,17+,18-,21+/m1/s1. The number of rotatable bonds is 1. The summed E-state index contributed by atoms with van der Waals surface area (Å²) in [5.74, 6) is -0.703. The Kier molecular flexibility index (Phi) is 4.67. The second-order valence-electron chi connectivity index (χ2n) is 10.2. The zero-order valence-corrected chi connectivity index (χ0v) is 17.0. The third kappa shape index (κ3) is 2.74. The minimum Gasteiger partial charge on any atom is -0.469 e. The minimum absolute atomic E-state index is 0.114. The summed E-state index contributed by atoms with van der Waals surface area (Å²) < 4.78 is 18.7. The Bertz CT molecular complexity index is 542. The van der Waals surface area contributed by atoms with E-state index in [1.165, 1.54) is 32.8 Å². The molecule has 4 fully saturated rings. The smallest absolute Gasteiger partial charge is 0.314 e. The Morgan fingerprint density at radius 3 is 2.15 bits per heavy atom. The normalized spacial score (nSPS) is 47.7. The SMILES string of the molecule is COC(=O)[C@H]1C2(CC[C@H]3C(C)(C)CCC[C@@]31C)O[C@@H]1CCCCC[C@H]1O2. The van der Waals surface area contributed by atoms with Crippen molar-refractivity contribution in [1.29, 1.82) is 0 Å². The summed E-state index contributed by atoms with van der Waals surface area (Å²) in [4.78, 5) is 13.1. The predicted octanol–water partition coefficient (Wildman–Crippen LogP) is 4.85. The molecular weight excluding hydrogens is 328 g/mol. The number of esters is 1. The Morgan fingerprint density at radius 2 is 1.54 bits per heavy atom. The van der Waals surface area contributed by atoms with Crippen molar-refractivity contribution >= 4 is 5.97 Å². The highest BCUT2D eigenvalue weighted by Crippen LogP contribution is 2.64. The van der Waals surface area contributed by atoms with E-state index in [1.807, 2.05) is 0 Å². The van der Waals surface area contributed by atoms with Crippen molar-refractivity contribution in [2.45, 2.75) is 103 Å². The van der Waals surface area contributed by atoms with Crippen LogP contribution < -0.4 is 0 Å². The van der Waals surface area contributed by atoms with Gasteiger partial charge in [-0.05, 0) is 48.9 Å². The van der Waals surface area contributed by atoms with Crippen LogP contribution in [0.3, 0.4) is 0 Å². The molecular formula is C22H36O4. The van der Waals surface area contributed by atoms with Gasteiger partial charge in [0.25, 0.3) is 0 Å². The van der Waals surface area contributed by atoms with Crippen molar-refractivity contribution in [1.82, 2.24) is 0 Å². The summed E-state index contributed by atoms with van der Waals surface area (Å²) in [5.41, 5.74) is 0.139. The van der Waals surface area contributed by atoms with Gasteiger partial charge in [0, 0.05) is 6.42 Å². The molecule has 0 unspecified atom stereocenters. The maximum absolute atomic E-state index is 13.1. The van der Waals surface area contributed by atoms with E-state index in [0.29, 0.717) is 5.92 Å². The number of hydrogen-bond acceptors (Lipinski definition) is 4. The molecule has 1 spiro atoms. The van der Waals surface area contributed by atoms with Crippen LogP contribution >= 0.6 is 0 Å². The van der Waals surface area contributed by atoms with Crippen molar-refractivity contribution in [2.75, 3.05) is 7.11 Å². The summed E-state index contributed by atoms with van der Waals surface area (Å²) in [5, 5.41) is 0. The van der Waals surface area contributed by atoms with Gasteiger partial charge in [-0.2, -0.15) is 0 Å². The summed E-state index contributed by atoms with van der Waals surface area (Å²) in [6, 6.07) is 0. The average Bonchev–Trinajstić information content (AvgIpc) is 2.76. The Morgan fingerprint density at radius 1 is 0.885 bits per heavy atom. The van der Waals surface area contributed by atoms with Gasteiger partial charge in [0.05, 0.1) is 19.3 Å². The van der Waals surface area contributed by atoms with Gasteiger partial charge < -0.3 is 14.2 Å². The quantitative estimate of drug-likeness (QED) is 0.624. The first-order valence-corrected chi connectivity index (χ1v) is 10.8. The molecule has 4 rings (SSSR count). The first-order valence-electron chi connectivity index (χ1n) is 10.8. The molecule has 3 aliphatic carbocycles. The number of ether oxygens (including phenoxy) is 3. The molecule has 0 aromatic heterocycles. The van der Waals surface area contributed by atoms with Gasteiger partial charge in [-0.3, -0.25) is 4.79 Å². The topological polar surface area (TPSA) is 44.8 Å². The van der Waals surface area contributed by atoms with Gasteiger partial charge in [-0.1, -0.05) is 46.5 Å². The van der Waals surface area contributed by atoms with Gasteiger partial charge >= 0.3 is 5.97 Å². The van der Waals surface area contributed by atoms with Gasteiger partial charge in [0.1, 0.15) is 5.92 Å². The summed E-state index contributed by atoms with van der Waals surface area (Å²) in [6.07, 6.45) is 11.5. The van der Waals surface area contributed by atoms with Crippen LogP contribution in [0.4, 0.5) is 0 Å². The fourth-order valence-electron chi connectivity index (χ4n) is 7.09. The lowest BCUT2D eigenvalue weighted by Gasteiger charge is -2.60. The largest absolute Gasteiger partial charge is 0.469 e. The Hall–Kier alpha value is -0.610. The molecule has 0 aromatic carbocycles. The van der Waals surface area contributed by atoms with Crippen molar-refractivity contribution < 1.29 is 19.0 Å². The average molecular weight is 365 g/mol. The summed E-state index contributed by atoms with van der Waals surface area (Å²) >= 11 is 0.